The fraction of sp³-hybridized carbons (Fsp3) is 0.706. The topological polar surface area (TPSA) is 67.8 Å². The number of hydrogen-bond acceptors (Lipinski definition) is 6. The van der Waals surface area contributed by atoms with Gasteiger partial charge in [-0.3, -0.25) is 14.7 Å². The van der Waals surface area contributed by atoms with Gasteiger partial charge in [0.1, 0.15) is 5.69 Å². The normalized spacial score (nSPS) is 27.5. The number of carbonyl (C=O) groups is 1. The number of morpholine rings is 1. The van der Waals surface area contributed by atoms with Crippen molar-refractivity contribution >= 4 is 5.91 Å². The molecule has 7 nitrogen and oxygen atoms in total. The summed E-state index contributed by atoms with van der Waals surface area (Å²) in [5.41, 5.74) is 0.210. The van der Waals surface area contributed by atoms with Crippen molar-refractivity contribution in [2.75, 3.05) is 46.0 Å². The zero-order valence-electron chi connectivity index (χ0n) is 13.9. The highest BCUT2D eigenvalue weighted by Gasteiger charge is 2.42. The van der Waals surface area contributed by atoms with Crippen molar-refractivity contribution < 1.29 is 14.3 Å². The van der Waals surface area contributed by atoms with Gasteiger partial charge in [0.15, 0.2) is 0 Å². The van der Waals surface area contributed by atoms with Gasteiger partial charge in [-0.05, 0) is 19.3 Å². The Balaban J connectivity index is 1.39. The fourth-order valence-electron chi connectivity index (χ4n) is 4.00. The number of nitrogens with zero attached hydrogens (tertiary/aromatic N) is 4. The molecule has 1 spiro atoms. The van der Waals surface area contributed by atoms with E-state index < -0.39 is 0 Å². The van der Waals surface area contributed by atoms with Crippen LogP contribution < -0.4 is 0 Å². The van der Waals surface area contributed by atoms with Crippen LogP contribution >= 0.6 is 0 Å². The molecule has 0 N–H and O–H groups in total. The monoisotopic (exact) mass is 332 g/mol. The second-order valence-electron chi connectivity index (χ2n) is 6.90. The molecule has 3 fully saturated rings. The number of likely N-dealkylation sites (tertiary alicyclic amines) is 1. The van der Waals surface area contributed by atoms with Gasteiger partial charge < -0.3 is 14.4 Å². The SMILES string of the molecule is O=C(c1cnccn1)N1CCOC2(CCN(C3CCOC3)CC2)C1. The second-order valence-corrected chi connectivity index (χ2v) is 6.90. The Morgan fingerprint density at radius 3 is 2.79 bits per heavy atom. The summed E-state index contributed by atoms with van der Waals surface area (Å²) in [6.45, 7) is 5.63. The van der Waals surface area contributed by atoms with Gasteiger partial charge in [0, 0.05) is 44.7 Å². The first-order chi connectivity index (χ1) is 11.8. The van der Waals surface area contributed by atoms with E-state index >= 15 is 0 Å². The Kier molecular flexibility index (Phi) is 4.47. The lowest BCUT2D eigenvalue weighted by Gasteiger charge is -2.48. The molecule has 0 bridgehead atoms. The molecule has 1 unspecified atom stereocenters. The number of aromatic nitrogens is 2. The lowest BCUT2D eigenvalue weighted by molar-refractivity contribution is -0.130. The largest absolute Gasteiger partial charge is 0.380 e. The van der Waals surface area contributed by atoms with Crippen LogP contribution in [0.15, 0.2) is 18.6 Å². The number of carbonyl (C=O) groups excluding carboxylic acids is 1. The molecule has 1 aromatic rings. The van der Waals surface area contributed by atoms with E-state index in [1.807, 2.05) is 4.90 Å². The summed E-state index contributed by atoms with van der Waals surface area (Å²) in [6, 6.07) is 0.559. The molecule has 4 heterocycles. The van der Waals surface area contributed by atoms with Crippen molar-refractivity contribution in [2.24, 2.45) is 0 Å². The average Bonchev–Trinajstić information content (AvgIpc) is 3.17. The Morgan fingerprint density at radius 2 is 2.08 bits per heavy atom. The molecular weight excluding hydrogens is 308 g/mol. The van der Waals surface area contributed by atoms with Gasteiger partial charge in [0.2, 0.25) is 0 Å². The highest BCUT2D eigenvalue weighted by Crippen LogP contribution is 2.32. The molecule has 3 saturated heterocycles. The number of rotatable bonds is 2. The number of ether oxygens (including phenoxy) is 2. The van der Waals surface area contributed by atoms with Crippen LogP contribution in [0, 0.1) is 0 Å². The van der Waals surface area contributed by atoms with E-state index in [1.165, 1.54) is 6.20 Å². The lowest BCUT2D eigenvalue weighted by atomic mass is 9.88. The minimum absolute atomic E-state index is 0.0441. The number of amides is 1. The first-order valence-electron chi connectivity index (χ1n) is 8.77. The Labute approximate surface area is 142 Å². The van der Waals surface area contributed by atoms with Crippen molar-refractivity contribution in [1.29, 1.82) is 0 Å². The van der Waals surface area contributed by atoms with Gasteiger partial charge in [-0.1, -0.05) is 0 Å². The highest BCUT2D eigenvalue weighted by atomic mass is 16.5. The van der Waals surface area contributed by atoms with Crippen LogP contribution in [-0.2, 0) is 9.47 Å². The molecule has 1 atom stereocenters. The Hall–Kier alpha value is -1.57. The van der Waals surface area contributed by atoms with Gasteiger partial charge in [-0.15, -0.1) is 0 Å². The predicted octanol–water partition coefficient (Wildman–Crippen LogP) is 0.572. The third-order valence-corrected chi connectivity index (χ3v) is 5.45. The van der Waals surface area contributed by atoms with Crippen LogP contribution in [0.25, 0.3) is 0 Å². The van der Waals surface area contributed by atoms with Crippen LogP contribution in [0.4, 0.5) is 0 Å². The molecule has 0 aliphatic carbocycles. The summed E-state index contributed by atoms with van der Waals surface area (Å²) in [5, 5.41) is 0. The summed E-state index contributed by atoms with van der Waals surface area (Å²) in [7, 11) is 0. The second kappa shape index (κ2) is 6.74. The molecule has 1 amide bonds. The first kappa shape index (κ1) is 15.9. The van der Waals surface area contributed by atoms with Gasteiger partial charge >= 0.3 is 0 Å². The summed E-state index contributed by atoms with van der Waals surface area (Å²) in [4.78, 5) is 25.2. The van der Waals surface area contributed by atoms with Crippen LogP contribution in [0.5, 0.6) is 0 Å². The first-order valence-corrected chi connectivity index (χ1v) is 8.77. The molecule has 0 radical (unpaired) electrons. The standard InChI is InChI=1S/C17H24N4O3/c22-16(15-11-18-4-5-19-15)21-8-10-24-17(13-21)2-6-20(7-3-17)14-1-9-23-12-14/h4-5,11,14H,1-3,6-10,12-13H2. The molecule has 0 aromatic carbocycles. The predicted molar refractivity (Wildman–Crippen MR) is 86.6 cm³/mol. The van der Waals surface area contributed by atoms with Crippen molar-refractivity contribution in [3.8, 4) is 0 Å². The molecule has 3 aliphatic rings. The molecule has 3 aliphatic heterocycles. The molecular formula is C17H24N4O3. The maximum absolute atomic E-state index is 12.6. The van der Waals surface area contributed by atoms with Gasteiger partial charge in [0.25, 0.3) is 5.91 Å². The molecule has 24 heavy (non-hydrogen) atoms. The number of piperidine rings is 1. The van der Waals surface area contributed by atoms with E-state index in [9.17, 15) is 4.79 Å². The van der Waals surface area contributed by atoms with Crippen molar-refractivity contribution in [2.45, 2.75) is 30.9 Å². The van der Waals surface area contributed by atoms with Gasteiger partial charge in [0.05, 0.1) is 31.6 Å². The molecule has 1 aromatic heterocycles. The maximum atomic E-state index is 12.6. The average molecular weight is 332 g/mol. The van der Waals surface area contributed by atoms with E-state index in [0.717, 1.165) is 45.6 Å². The number of hydrogen-bond donors (Lipinski definition) is 0. The summed E-state index contributed by atoms with van der Waals surface area (Å²) in [6.07, 6.45) is 7.74. The van der Waals surface area contributed by atoms with Crippen LogP contribution in [0.1, 0.15) is 29.8 Å². The van der Waals surface area contributed by atoms with Gasteiger partial charge in [-0.2, -0.15) is 0 Å². The van der Waals surface area contributed by atoms with Crippen LogP contribution in [-0.4, -0.2) is 83.3 Å². The third-order valence-electron chi connectivity index (χ3n) is 5.45. The molecule has 4 rings (SSSR count). The maximum Gasteiger partial charge on any atom is 0.274 e. The van der Waals surface area contributed by atoms with E-state index in [4.69, 9.17) is 9.47 Å². The van der Waals surface area contributed by atoms with Crippen LogP contribution in [0.2, 0.25) is 0 Å². The minimum atomic E-state index is -0.202. The van der Waals surface area contributed by atoms with Crippen molar-refractivity contribution in [3.63, 3.8) is 0 Å². The molecule has 7 heteroatoms. The van der Waals surface area contributed by atoms with Crippen LogP contribution in [0.3, 0.4) is 0 Å². The Bertz CT molecular complexity index is 568. The highest BCUT2D eigenvalue weighted by molar-refractivity contribution is 5.92. The Morgan fingerprint density at radius 1 is 1.21 bits per heavy atom. The zero-order valence-corrected chi connectivity index (χ0v) is 13.9. The molecule has 130 valence electrons. The van der Waals surface area contributed by atoms with E-state index in [1.54, 1.807) is 12.4 Å². The quantitative estimate of drug-likeness (QED) is 0.789. The fourth-order valence-corrected chi connectivity index (χ4v) is 4.00. The van der Waals surface area contributed by atoms with E-state index in [0.29, 0.717) is 31.4 Å². The summed E-state index contributed by atoms with van der Waals surface area (Å²) < 4.78 is 11.7. The van der Waals surface area contributed by atoms with Crippen molar-refractivity contribution in [3.05, 3.63) is 24.3 Å². The molecule has 0 saturated carbocycles. The zero-order chi connectivity index (χ0) is 16.4. The lowest BCUT2D eigenvalue weighted by Crippen LogP contribution is -2.59. The smallest absolute Gasteiger partial charge is 0.274 e. The third kappa shape index (κ3) is 3.16. The van der Waals surface area contributed by atoms with Crippen molar-refractivity contribution in [1.82, 2.24) is 19.8 Å². The van der Waals surface area contributed by atoms with E-state index in [-0.39, 0.29) is 11.5 Å². The van der Waals surface area contributed by atoms with Gasteiger partial charge in [-0.25, -0.2) is 4.98 Å². The van der Waals surface area contributed by atoms with E-state index in [2.05, 4.69) is 14.9 Å². The summed E-state index contributed by atoms with van der Waals surface area (Å²) >= 11 is 0. The summed E-state index contributed by atoms with van der Waals surface area (Å²) in [5.74, 6) is -0.0441. The minimum Gasteiger partial charge on any atom is -0.380 e.